The largest absolute Gasteiger partial charge is 0.489 e. The number of nitrogens with one attached hydrogen (secondary N) is 1. The maximum absolute atomic E-state index is 6.25. The van der Waals surface area contributed by atoms with Gasteiger partial charge in [-0.2, -0.15) is 0 Å². The van der Waals surface area contributed by atoms with Crippen molar-refractivity contribution < 1.29 is 4.74 Å². The topological polar surface area (TPSA) is 21.3 Å². The van der Waals surface area contributed by atoms with Crippen molar-refractivity contribution in [3.8, 4) is 5.75 Å². The van der Waals surface area contributed by atoms with Gasteiger partial charge in [0.25, 0.3) is 0 Å². The van der Waals surface area contributed by atoms with E-state index in [-0.39, 0.29) is 0 Å². The van der Waals surface area contributed by atoms with Gasteiger partial charge in [-0.25, -0.2) is 0 Å². The Balaban J connectivity index is 1.55. The number of fused-ring (bicyclic) bond motifs is 1. The molecule has 4 aromatic rings. The molecule has 140 valence electrons. The van der Waals surface area contributed by atoms with E-state index >= 15 is 0 Å². The SMILES string of the molecule is Cc1cccc(COc2ccc3ccccc3c2CNCc2ccccc2)c1. The molecule has 0 atom stereocenters. The maximum atomic E-state index is 6.25. The highest BCUT2D eigenvalue weighted by Gasteiger charge is 2.09. The van der Waals surface area contributed by atoms with Gasteiger partial charge in [0.15, 0.2) is 0 Å². The molecule has 0 aliphatic rings. The molecule has 28 heavy (non-hydrogen) atoms. The third kappa shape index (κ3) is 4.41. The van der Waals surface area contributed by atoms with E-state index in [1.165, 1.54) is 33.0 Å². The van der Waals surface area contributed by atoms with Crippen molar-refractivity contribution in [1.29, 1.82) is 0 Å². The second-order valence-corrected chi connectivity index (χ2v) is 7.13. The average Bonchev–Trinajstić information content (AvgIpc) is 2.74. The lowest BCUT2D eigenvalue weighted by atomic mass is 10.0. The number of benzene rings is 4. The Morgan fingerprint density at radius 1 is 0.714 bits per heavy atom. The van der Waals surface area contributed by atoms with Crippen LogP contribution in [0.15, 0.2) is 91.0 Å². The highest BCUT2D eigenvalue weighted by molar-refractivity contribution is 5.87. The standard InChI is InChI=1S/C26H25NO/c1-20-8-7-11-22(16-20)19-28-26-15-14-23-12-5-6-13-24(23)25(26)18-27-17-21-9-3-2-4-10-21/h2-16,27H,17-19H2,1H3. The second kappa shape index (κ2) is 8.73. The molecule has 0 saturated carbocycles. The first-order valence-corrected chi connectivity index (χ1v) is 9.73. The van der Waals surface area contributed by atoms with E-state index in [4.69, 9.17) is 4.74 Å². The Morgan fingerprint density at radius 3 is 2.36 bits per heavy atom. The first-order chi connectivity index (χ1) is 13.8. The molecule has 2 heteroatoms. The number of hydrogen-bond donors (Lipinski definition) is 1. The van der Waals surface area contributed by atoms with Gasteiger partial charge in [-0.1, -0.05) is 90.5 Å². The molecule has 1 N–H and O–H groups in total. The predicted octanol–water partition coefficient (Wildman–Crippen LogP) is 6.02. The third-order valence-corrected chi connectivity index (χ3v) is 4.95. The van der Waals surface area contributed by atoms with Gasteiger partial charge in [0.05, 0.1) is 0 Å². The Bertz CT molecular complexity index is 1060. The molecule has 0 amide bonds. The molecule has 0 aliphatic carbocycles. The molecular formula is C26H25NO. The first kappa shape index (κ1) is 18.3. The molecule has 0 aromatic heterocycles. The van der Waals surface area contributed by atoms with E-state index in [1.807, 2.05) is 6.07 Å². The van der Waals surface area contributed by atoms with Gasteiger partial charge in [0, 0.05) is 18.7 Å². The van der Waals surface area contributed by atoms with Crippen LogP contribution in [-0.2, 0) is 19.7 Å². The monoisotopic (exact) mass is 367 g/mol. The summed E-state index contributed by atoms with van der Waals surface area (Å²) in [5.41, 5.74) is 4.94. The fourth-order valence-corrected chi connectivity index (χ4v) is 3.52. The smallest absolute Gasteiger partial charge is 0.124 e. The summed E-state index contributed by atoms with van der Waals surface area (Å²) in [4.78, 5) is 0. The van der Waals surface area contributed by atoms with E-state index < -0.39 is 0 Å². The van der Waals surface area contributed by atoms with E-state index in [1.54, 1.807) is 0 Å². The summed E-state index contributed by atoms with van der Waals surface area (Å²) in [5.74, 6) is 0.945. The summed E-state index contributed by atoms with van der Waals surface area (Å²) in [6.07, 6.45) is 0. The minimum atomic E-state index is 0.575. The van der Waals surface area contributed by atoms with Gasteiger partial charge in [-0.05, 0) is 34.9 Å². The van der Waals surface area contributed by atoms with Crippen molar-refractivity contribution in [2.45, 2.75) is 26.6 Å². The van der Waals surface area contributed by atoms with Crippen LogP contribution in [0.2, 0.25) is 0 Å². The summed E-state index contributed by atoms with van der Waals surface area (Å²) in [5, 5.41) is 6.06. The Labute approximate surface area is 166 Å². The van der Waals surface area contributed by atoms with E-state index in [2.05, 4.69) is 97.2 Å². The van der Waals surface area contributed by atoms with Gasteiger partial charge in [-0.15, -0.1) is 0 Å². The number of aryl methyl sites for hydroxylation is 1. The summed E-state index contributed by atoms with van der Waals surface area (Å²) in [6.45, 7) is 4.28. The molecule has 4 aromatic carbocycles. The lowest BCUT2D eigenvalue weighted by Gasteiger charge is -2.15. The lowest BCUT2D eigenvalue weighted by Crippen LogP contribution is -2.14. The van der Waals surface area contributed by atoms with Crippen LogP contribution in [-0.4, -0.2) is 0 Å². The maximum Gasteiger partial charge on any atom is 0.124 e. The average molecular weight is 367 g/mol. The minimum Gasteiger partial charge on any atom is -0.489 e. The molecular weight excluding hydrogens is 342 g/mol. The Hall–Kier alpha value is -3.10. The fourth-order valence-electron chi connectivity index (χ4n) is 3.52. The lowest BCUT2D eigenvalue weighted by molar-refractivity contribution is 0.302. The van der Waals surface area contributed by atoms with Crippen molar-refractivity contribution in [3.05, 3.63) is 113 Å². The van der Waals surface area contributed by atoms with Crippen LogP contribution in [0.25, 0.3) is 10.8 Å². The van der Waals surface area contributed by atoms with Crippen molar-refractivity contribution in [3.63, 3.8) is 0 Å². The molecule has 0 fully saturated rings. The fraction of sp³-hybridized carbons (Fsp3) is 0.154. The second-order valence-electron chi connectivity index (χ2n) is 7.13. The summed E-state index contributed by atoms with van der Waals surface area (Å²) in [7, 11) is 0. The molecule has 0 saturated heterocycles. The highest BCUT2D eigenvalue weighted by Crippen LogP contribution is 2.29. The van der Waals surface area contributed by atoms with E-state index in [0.717, 1.165) is 18.8 Å². The molecule has 4 rings (SSSR count). The molecule has 0 heterocycles. The van der Waals surface area contributed by atoms with E-state index in [9.17, 15) is 0 Å². The van der Waals surface area contributed by atoms with Crippen LogP contribution < -0.4 is 10.1 Å². The van der Waals surface area contributed by atoms with E-state index in [0.29, 0.717) is 6.61 Å². The van der Waals surface area contributed by atoms with Crippen molar-refractivity contribution in [1.82, 2.24) is 5.32 Å². The van der Waals surface area contributed by atoms with Crippen LogP contribution in [0, 0.1) is 6.92 Å². The molecule has 0 bridgehead atoms. The van der Waals surface area contributed by atoms with Crippen molar-refractivity contribution in [2.24, 2.45) is 0 Å². The van der Waals surface area contributed by atoms with Crippen LogP contribution in [0.1, 0.15) is 22.3 Å². The van der Waals surface area contributed by atoms with Crippen molar-refractivity contribution >= 4 is 10.8 Å². The number of ether oxygens (including phenoxy) is 1. The molecule has 2 nitrogen and oxygen atoms in total. The first-order valence-electron chi connectivity index (χ1n) is 9.73. The Kier molecular flexibility index (Phi) is 5.69. The molecule has 0 aliphatic heterocycles. The zero-order valence-corrected chi connectivity index (χ0v) is 16.2. The van der Waals surface area contributed by atoms with Gasteiger partial charge in [-0.3, -0.25) is 0 Å². The van der Waals surface area contributed by atoms with Gasteiger partial charge in [0.2, 0.25) is 0 Å². The van der Waals surface area contributed by atoms with Crippen LogP contribution in [0.3, 0.4) is 0 Å². The third-order valence-electron chi connectivity index (χ3n) is 4.95. The zero-order chi connectivity index (χ0) is 19.2. The van der Waals surface area contributed by atoms with Gasteiger partial charge in [0.1, 0.15) is 12.4 Å². The van der Waals surface area contributed by atoms with Crippen LogP contribution >= 0.6 is 0 Å². The number of hydrogen-bond acceptors (Lipinski definition) is 2. The molecule has 0 unspecified atom stereocenters. The zero-order valence-electron chi connectivity index (χ0n) is 16.2. The van der Waals surface area contributed by atoms with Gasteiger partial charge < -0.3 is 10.1 Å². The van der Waals surface area contributed by atoms with Crippen molar-refractivity contribution in [2.75, 3.05) is 0 Å². The minimum absolute atomic E-state index is 0.575. The molecule has 0 spiro atoms. The highest BCUT2D eigenvalue weighted by atomic mass is 16.5. The summed E-state index contributed by atoms with van der Waals surface area (Å²) >= 11 is 0. The Morgan fingerprint density at radius 2 is 1.50 bits per heavy atom. The normalized spacial score (nSPS) is 10.9. The van der Waals surface area contributed by atoms with Gasteiger partial charge >= 0.3 is 0 Å². The predicted molar refractivity (Wildman–Crippen MR) is 116 cm³/mol. The summed E-state index contributed by atoms with van der Waals surface area (Å²) in [6, 6.07) is 31.7. The molecule has 0 radical (unpaired) electrons. The van der Waals surface area contributed by atoms with Crippen LogP contribution in [0.5, 0.6) is 5.75 Å². The quantitative estimate of drug-likeness (QED) is 0.431. The number of rotatable bonds is 7. The van der Waals surface area contributed by atoms with Crippen LogP contribution in [0.4, 0.5) is 0 Å². The summed E-state index contributed by atoms with van der Waals surface area (Å²) < 4.78 is 6.25.